The summed E-state index contributed by atoms with van der Waals surface area (Å²) in [5.41, 5.74) is 0.635. The lowest BCUT2D eigenvalue weighted by Gasteiger charge is -2.13. The van der Waals surface area contributed by atoms with Gasteiger partial charge < -0.3 is 5.32 Å². The highest BCUT2D eigenvalue weighted by Gasteiger charge is 2.19. The third kappa shape index (κ3) is 5.32. The smallest absolute Gasteiger partial charge is 0.240 e. The quantitative estimate of drug-likeness (QED) is 0.801. The van der Waals surface area contributed by atoms with E-state index in [1.807, 2.05) is 13.8 Å². The first-order chi connectivity index (χ1) is 10.9. The SMILES string of the molecule is CCC(C)NS(=O)(=O)c1ccc(NC(=O)CC2CCCC2)cc1. The Morgan fingerprint density at radius 1 is 1.22 bits per heavy atom. The number of carbonyl (C=O) groups excluding carboxylic acids is 1. The van der Waals surface area contributed by atoms with Crippen LogP contribution in [0.5, 0.6) is 0 Å². The lowest BCUT2D eigenvalue weighted by Crippen LogP contribution is -2.31. The van der Waals surface area contributed by atoms with Gasteiger partial charge >= 0.3 is 0 Å². The Bertz CT molecular complexity index is 620. The fourth-order valence-electron chi connectivity index (χ4n) is 2.82. The molecule has 1 aromatic rings. The summed E-state index contributed by atoms with van der Waals surface area (Å²) in [7, 11) is -3.50. The standard InChI is InChI=1S/C17H26N2O3S/c1-3-13(2)19-23(21,22)16-10-8-15(9-11-16)18-17(20)12-14-6-4-5-7-14/h8-11,13-14,19H,3-7,12H2,1-2H3,(H,18,20). The van der Waals surface area contributed by atoms with Gasteiger partial charge in [0.1, 0.15) is 0 Å². The average Bonchev–Trinajstić information content (AvgIpc) is 3.00. The number of hydrogen-bond acceptors (Lipinski definition) is 3. The number of sulfonamides is 1. The predicted octanol–water partition coefficient (Wildman–Crippen LogP) is 3.28. The van der Waals surface area contributed by atoms with Crippen LogP contribution < -0.4 is 10.0 Å². The molecule has 6 heteroatoms. The molecule has 23 heavy (non-hydrogen) atoms. The largest absolute Gasteiger partial charge is 0.326 e. The van der Waals surface area contributed by atoms with Crippen LogP contribution in [0.4, 0.5) is 5.69 Å². The summed E-state index contributed by atoms with van der Waals surface area (Å²) in [4.78, 5) is 12.2. The molecule has 1 aliphatic carbocycles. The Balaban J connectivity index is 1.94. The van der Waals surface area contributed by atoms with Crippen LogP contribution in [-0.4, -0.2) is 20.4 Å². The second kappa shape index (κ2) is 7.93. The van der Waals surface area contributed by atoms with Crippen molar-refractivity contribution in [2.45, 2.75) is 63.3 Å². The number of hydrogen-bond donors (Lipinski definition) is 2. The molecule has 1 aliphatic rings. The first kappa shape index (κ1) is 17.9. The van der Waals surface area contributed by atoms with Crippen LogP contribution in [0.25, 0.3) is 0 Å². The molecule has 0 heterocycles. The molecule has 2 N–H and O–H groups in total. The molecule has 128 valence electrons. The minimum absolute atomic E-state index is 0.00485. The molecular formula is C17H26N2O3S. The number of amides is 1. The van der Waals surface area contributed by atoms with Crippen molar-refractivity contribution in [1.82, 2.24) is 4.72 Å². The van der Waals surface area contributed by atoms with Gasteiger partial charge in [0, 0.05) is 18.2 Å². The minimum Gasteiger partial charge on any atom is -0.326 e. The molecule has 1 unspecified atom stereocenters. The second-order valence-corrected chi connectivity index (χ2v) is 8.07. The van der Waals surface area contributed by atoms with E-state index in [-0.39, 0.29) is 16.8 Å². The maximum atomic E-state index is 12.2. The Labute approximate surface area is 138 Å². The monoisotopic (exact) mass is 338 g/mol. The number of carbonyl (C=O) groups is 1. The van der Waals surface area contributed by atoms with Gasteiger partial charge in [-0.15, -0.1) is 0 Å². The molecule has 1 atom stereocenters. The third-order valence-electron chi connectivity index (χ3n) is 4.37. The normalized spacial score (nSPS) is 17.1. The zero-order chi connectivity index (χ0) is 16.9. The Morgan fingerprint density at radius 3 is 2.39 bits per heavy atom. The minimum atomic E-state index is -3.50. The van der Waals surface area contributed by atoms with Crippen LogP contribution in [0.2, 0.25) is 0 Å². The molecule has 0 radical (unpaired) electrons. The van der Waals surface area contributed by atoms with Crippen molar-refractivity contribution in [3.05, 3.63) is 24.3 Å². The van der Waals surface area contributed by atoms with E-state index >= 15 is 0 Å². The van der Waals surface area contributed by atoms with Crippen molar-refractivity contribution in [3.8, 4) is 0 Å². The molecule has 0 saturated heterocycles. The third-order valence-corrected chi connectivity index (χ3v) is 5.97. The second-order valence-electron chi connectivity index (χ2n) is 6.36. The van der Waals surface area contributed by atoms with Crippen LogP contribution in [-0.2, 0) is 14.8 Å². The maximum absolute atomic E-state index is 12.2. The van der Waals surface area contributed by atoms with Gasteiger partial charge in [-0.2, -0.15) is 0 Å². The van der Waals surface area contributed by atoms with Gasteiger partial charge in [-0.3, -0.25) is 4.79 Å². The molecular weight excluding hydrogens is 312 g/mol. The van der Waals surface area contributed by atoms with Gasteiger partial charge in [0.25, 0.3) is 0 Å². The van der Waals surface area contributed by atoms with Crippen molar-refractivity contribution in [2.75, 3.05) is 5.32 Å². The fraction of sp³-hybridized carbons (Fsp3) is 0.588. The molecule has 1 fully saturated rings. The summed E-state index contributed by atoms with van der Waals surface area (Å²) in [6.45, 7) is 3.76. The summed E-state index contributed by atoms with van der Waals surface area (Å²) >= 11 is 0. The molecule has 1 aromatic carbocycles. The van der Waals surface area contributed by atoms with E-state index < -0.39 is 10.0 Å². The van der Waals surface area contributed by atoms with Gasteiger partial charge in [-0.25, -0.2) is 13.1 Å². The van der Waals surface area contributed by atoms with Crippen LogP contribution in [0, 0.1) is 5.92 Å². The van der Waals surface area contributed by atoms with E-state index in [0.717, 1.165) is 19.3 Å². The molecule has 0 spiro atoms. The van der Waals surface area contributed by atoms with E-state index in [2.05, 4.69) is 10.0 Å². The zero-order valence-corrected chi connectivity index (χ0v) is 14.7. The highest BCUT2D eigenvalue weighted by atomic mass is 32.2. The van der Waals surface area contributed by atoms with Crippen molar-refractivity contribution < 1.29 is 13.2 Å². The molecule has 0 aromatic heterocycles. The molecule has 2 rings (SSSR count). The van der Waals surface area contributed by atoms with Gasteiger partial charge in [-0.05, 0) is 56.4 Å². The van der Waals surface area contributed by atoms with Crippen molar-refractivity contribution >= 4 is 21.6 Å². The van der Waals surface area contributed by atoms with Crippen LogP contribution in [0.3, 0.4) is 0 Å². The van der Waals surface area contributed by atoms with E-state index in [1.165, 1.54) is 25.0 Å². The van der Waals surface area contributed by atoms with Crippen LogP contribution in [0.1, 0.15) is 52.4 Å². The van der Waals surface area contributed by atoms with Crippen molar-refractivity contribution in [1.29, 1.82) is 0 Å². The van der Waals surface area contributed by atoms with Crippen LogP contribution >= 0.6 is 0 Å². The number of nitrogens with one attached hydrogen (secondary N) is 2. The Hall–Kier alpha value is -1.40. The highest BCUT2D eigenvalue weighted by molar-refractivity contribution is 7.89. The summed E-state index contributed by atoms with van der Waals surface area (Å²) in [6, 6.07) is 6.21. The lowest BCUT2D eigenvalue weighted by molar-refractivity contribution is -0.117. The van der Waals surface area contributed by atoms with Crippen molar-refractivity contribution in [3.63, 3.8) is 0 Å². The van der Waals surface area contributed by atoms with E-state index in [0.29, 0.717) is 18.0 Å². The highest BCUT2D eigenvalue weighted by Crippen LogP contribution is 2.27. The van der Waals surface area contributed by atoms with Gasteiger partial charge in [0.2, 0.25) is 15.9 Å². The van der Waals surface area contributed by atoms with E-state index in [1.54, 1.807) is 12.1 Å². The molecule has 0 bridgehead atoms. The number of anilines is 1. The van der Waals surface area contributed by atoms with Gasteiger partial charge in [0.05, 0.1) is 4.90 Å². The zero-order valence-electron chi connectivity index (χ0n) is 13.8. The first-order valence-corrected chi connectivity index (χ1v) is 9.81. The summed E-state index contributed by atoms with van der Waals surface area (Å²) in [5, 5.41) is 2.85. The van der Waals surface area contributed by atoms with Gasteiger partial charge in [-0.1, -0.05) is 19.8 Å². The lowest BCUT2D eigenvalue weighted by atomic mass is 10.0. The summed E-state index contributed by atoms with van der Waals surface area (Å²) in [6.07, 6.45) is 5.98. The Kier molecular flexibility index (Phi) is 6.18. The molecule has 5 nitrogen and oxygen atoms in total. The Morgan fingerprint density at radius 2 is 1.83 bits per heavy atom. The maximum Gasteiger partial charge on any atom is 0.240 e. The number of rotatable bonds is 7. The topological polar surface area (TPSA) is 75.3 Å². The van der Waals surface area contributed by atoms with E-state index in [9.17, 15) is 13.2 Å². The summed E-state index contributed by atoms with van der Waals surface area (Å²) < 4.78 is 26.9. The van der Waals surface area contributed by atoms with E-state index in [4.69, 9.17) is 0 Å². The average molecular weight is 338 g/mol. The van der Waals surface area contributed by atoms with Crippen LogP contribution in [0.15, 0.2) is 29.2 Å². The first-order valence-electron chi connectivity index (χ1n) is 8.33. The van der Waals surface area contributed by atoms with Gasteiger partial charge in [0.15, 0.2) is 0 Å². The molecule has 0 aliphatic heterocycles. The molecule has 1 saturated carbocycles. The predicted molar refractivity (Wildman–Crippen MR) is 91.7 cm³/mol. The van der Waals surface area contributed by atoms with Crippen molar-refractivity contribution in [2.24, 2.45) is 5.92 Å². The summed E-state index contributed by atoms with van der Waals surface area (Å²) in [5.74, 6) is 0.500. The fourth-order valence-corrected chi connectivity index (χ4v) is 4.15. The number of benzene rings is 1. The molecule has 1 amide bonds.